The number of para-hydroxylation sites is 1. The predicted octanol–water partition coefficient (Wildman–Crippen LogP) is 6.71. The number of ether oxygens (including phenoxy) is 1. The van der Waals surface area contributed by atoms with Crippen molar-refractivity contribution < 1.29 is 24.3 Å². The summed E-state index contributed by atoms with van der Waals surface area (Å²) < 4.78 is 6.14. The number of rotatable bonds is 15. The van der Waals surface area contributed by atoms with E-state index >= 15 is 0 Å². The molecule has 1 saturated carbocycles. The minimum Gasteiger partial charge on any atom is -0.496 e. The van der Waals surface area contributed by atoms with Gasteiger partial charge in [0.05, 0.1) is 25.9 Å². The Morgan fingerprint density at radius 1 is 1.04 bits per heavy atom. The van der Waals surface area contributed by atoms with E-state index in [1.807, 2.05) is 55.4 Å². The van der Waals surface area contributed by atoms with E-state index in [9.17, 15) is 14.7 Å². The third-order valence-electron chi connectivity index (χ3n) is 12.5. The molecule has 3 N–H and O–H groups in total. The number of hydrogen-bond acceptors (Lipinski definition) is 8. The molecule has 1 saturated heterocycles. The fourth-order valence-electron chi connectivity index (χ4n) is 8.87. The molecular weight excluding hydrogens is 679 g/mol. The lowest BCUT2D eigenvalue weighted by atomic mass is 9.58. The molecule has 1 aliphatic heterocycles. The molecule has 0 unspecified atom stereocenters. The number of hydrogen-bond donors (Lipinski definition) is 3. The Morgan fingerprint density at radius 3 is 2.24 bits per heavy atom. The average Bonchev–Trinajstić information content (AvgIpc) is 3.46. The van der Waals surface area contributed by atoms with Crippen molar-refractivity contribution in [2.45, 2.75) is 106 Å². The van der Waals surface area contributed by atoms with E-state index in [1.54, 1.807) is 26.1 Å². The minimum absolute atomic E-state index is 0.0146. The molecule has 2 aliphatic rings. The van der Waals surface area contributed by atoms with Crippen LogP contribution in [0.15, 0.2) is 36.4 Å². The Kier molecular flexibility index (Phi) is 14.7. The first-order chi connectivity index (χ1) is 25.3. The lowest BCUT2D eigenvalue weighted by molar-refractivity contribution is -0.179. The topological polar surface area (TPSA) is 107 Å². The number of carbonyl (C=O) groups excluding carboxylic acids is 2. The smallest absolute Gasteiger partial charge is 0.251 e. The van der Waals surface area contributed by atoms with E-state index in [0.717, 1.165) is 41.9 Å². The standard InChI is InChI=1S/C44H71N5O5/c1-26(2)22-48(23-27(3)4)25-38-39(31(8)50)40(43(52)46-37-18-28(5)44(9,10)30(7)29(37)6)49(54-38)24-32-16-15-17-36(41(32)53-14)33-19-34(42(51)45-11)21-35(20-33)47(12)13/h15-17,19-21,26-31,37-40,50H,18,22-25H2,1-14H3,(H,45,51)(H,46,52)/t28-,29+,30+,31+,37+,38+,39-,40+/m1/s1. The maximum absolute atomic E-state index is 14.8. The van der Waals surface area contributed by atoms with Crippen molar-refractivity contribution >= 4 is 17.5 Å². The van der Waals surface area contributed by atoms with Gasteiger partial charge in [-0.15, -0.1) is 0 Å². The highest BCUT2D eigenvalue weighted by atomic mass is 16.7. The fraction of sp³-hybridized carbons (Fsp3) is 0.682. The molecule has 10 heteroatoms. The van der Waals surface area contributed by atoms with Crippen LogP contribution in [0.5, 0.6) is 5.75 Å². The first-order valence-corrected chi connectivity index (χ1v) is 20.1. The van der Waals surface area contributed by atoms with E-state index in [2.05, 4.69) is 77.8 Å². The fourth-order valence-corrected chi connectivity index (χ4v) is 8.87. The van der Waals surface area contributed by atoms with Crippen LogP contribution in [-0.4, -0.2) is 99.1 Å². The Labute approximate surface area is 326 Å². The normalized spacial score (nSPS) is 26.3. The summed E-state index contributed by atoms with van der Waals surface area (Å²) in [5, 5.41) is 19.5. The van der Waals surface area contributed by atoms with E-state index in [4.69, 9.17) is 9.57 Å². The van der Waals surface area contributed by atoms with Gasteiger partial charge in [0.15, 0.2) is 0 Å². The monoisotopic (exact) mass is 750 g/mol. The Hall–Kier alpha value is -3.18. The Morgan fingerprint density at radius 2 is 1.69 bits per heavy atom. The SMILES string of the molecule is CNC(=O)c1cc(-c2cccc(CN3O[C@@H](CN(CC(C)C)CC(C)C)[C@@H]([C@H](C)O)[C@H]3C(=O)N[C@H]3C[C@@H](C)C(C)(C)[C@@H](C)[C@@H]3C)c2OC)cc(N(C)C)c1. The van der Waals surface area contributed by atoms with E-state index in [1.165, 1.54) is 0 Å². The zero-order valence-corrected chi connectivity index (χ0v) is 35.7. The van der Waals surface area contributed by atoms with E-state index in [0.29, 0.717) is 47.4 Å². The van der Waals surface area contributed by atoms with Crippen molar-refractivity contribution in [2.75, 3.05) is 52.8 Å². The van der Waals surface area contributed by atoms with Gasteiger partial charge in [-0.2, -0.15) is 5.06 Å². The molecule has 0 radical (unpaired) electrons. The molecule has 1 heterocycles. The zero-order valence-electron chi connectivity index (χ0n) is 35.7. The van der Waals surface area contributed by atoms with Crippen LogP contribution in [0.3, 0.4) is 0 Å². The molecule has 2 fully saturated rings. The number of carbonyl (C=O) groups is 2. The van der Waals surface area contributed by atoms with Crippen molar-refractivity contribution in [1.82, 2.24) is 20.6 Å². The second-order valence-electron chi connectivity index (χ2n) is 17.9. The maximum Gasteiger partial charge on any atom is 0.251 e. The number of benzene rings is 2. The summed E-state index contributed by atoms with van der Waals surface area (Å²) >= 11 is 0. The van der Waals surface area contributed by atoms with E-state index < -0.39 is 24.2 Å². The number of methoxy groups -OCH3 is 1. The predicted molar refractivity (Wildman–Crippen MR) is 219 cm³/mol. The zero-order chi connectivity index (χ0) is 40.2. The van der Waals surface area contributed by atoms with Gasteiger partial charge in [0.25, 0.3) is 5.91 Å². The van der Waals surface area contributed by atoms with Crippen LogP contribution in [-0.2, 0) is 16.2 Å². The Balaban J connectivity index is 1.78. The summed E-state index contributed by atoms with van der Waals surface area (Å²) in [5.74, 6) is 1.95. The van der Waals surface area contributed by atoms with Crippen LogP contribution < -0.4 is 20.3 Å². The molecular formula is C44H71N5O5. The van der Waals surface area contributed by atoms with Crippen LogP contribution in [0.4, 0.5) is 5.69 Å². The number of hydroxylamine groups is 2. The number of aliphatic hydroxyl groups excluding tert-OH is 1. The molecule has 0 bridgehead atoms. The molecule has 54 heavy (non-hydrogen) atoms. The molecule has 1 aliphatic carbocycles. The number of nitrogens with zero attached hydrogens (tertiary/aromatic N) is 3. The summed E-state index contributed by atoms with van der Waals surface area (Å²) in [5.41, 5.74) is 4.11. The summed E-state index contributed by atoms with van der Waals surface area (Å²) in [6.07, 6.45) is -0.293. The lowest BCUT2D eigenvalue weighted by Gasteiger charge is -2.50. The lowest BCUT2D eigenvalue weighted by Crippen LogP contribution is -2.57. The Bertz CT molecular complexity index is 1560. The second-order valence-corrected chi connectivity index (χ2v) is 17.9. The van der Waals surface area contributed by atoms with Gasteiger partial charge in [0, 0.05) is 75.1 Å². The molecule has 2 amide bonds. The highest BCUT2D eigenvalue weighted by Crippen LogP contribution is 2.48. The molecule has 10 nitrogen and oxygen atoms in total. The minimum atomic E-state index is -0.790. The highest BCUT2D eigenvalue weighted by Gasteiger charge is 2.51. The van der Waals surface area contributed by atoms with Gasteiger partial charge in [0.2, 0.25) is 5.91 Å². The van der Waals surface area contributed by atoms with E-state index in [-0.39, 0.29) is 29.8 Å². The van der Waals surface area contributed by atoms with Crippen molar-refractivity contribution in [2.24, 2.45) is 40.9 Å². The van der Waals surface area contributed by atoms with Crippen molar-refractivity contribution in [1.29, 1.82) is 0 Å². The van der Waals surface area contributed by atoms with Crippen molar-refractivity contribution in [3.05, 3.63) is 47.5 Å². The van der Waals surface area contributed by atoms with Gasteiger partial charge < -0.3 is 30.3 Å². The van der Waals surface area contributed by atoms with Crippen LogP contribution in [0, 0.1) is 40.9 Å². The average molecular weight is 750 g/mol. The van der Waals surface area contributed by atoms with Crippen LogP contribution >= 0.6 is 0 Å². The second kappa shape index (κ2) is 18.2. The molecule has 4 rings (SSSR count). The van der Waals surface area contributed by atoms with Gasteiger partial charge in [0.1, 0.15) is 11.8 Å². The number of aliphatic hydroxyl groups is 1. The quantitative estimate of drug-likeness (QED) is 0.185. The van der Waals surface area contributed by atoms with Crippen LogP contribution in [0.25, 0.3) is 11.1 Å². The van der Waals surface area contributed by atoms with Gasteiger partial charge in [-0.05, 0) is 72.1 Å². The van der Waals surface area contributed by atoms with Crippen molar-refractivity contribution in [3.63, 3.8) is 0 Å². The van der Waals surface area contributed by atoms with Gasteiger partial charge >= 0.3 is 0 Å². The summed E-state index contributed by atoms with van der Waals surface area (Å²) in [7, 11) is 7.18. The number of anilines is 1. The van der Waals surface area contributed by atoms with Gasteiger partial charge in [-0.1, -0.05) is 80.5 Å². The van der Waals surface area contributed by atoms with Crippen LogP contribution in [0.2, 0.25) is 0 Å². The highest BCUT2D eigenvalue weighted by molar-refractivity contribution is 5.97. The first-order valence-electron chi connectivity index (χ1n) is 20.1. The molecule has 0 aromatic heterocycles. The number of nitrogens with one attached hydrogen (secondary N) is 2. The molecule has 2 aromatic rings. The summed E-state index contributed by atoms with van der Waals surface area (Å²) in [4.78, 5) is 38.9. The summed E-state index contributed by atoms with van der Waals surface area (Å²) in [6.45, 7) is 24.9. The first kappa shape index (κ1) is 43.5. The molecule has 0 spiro atoms. The molecule has 302 valence electrons. The summed E-state index contributed by atoms with van der Waals surface area (Å²) in [6, 6.07) is 11.0. The van der Waals surface area contributed by atoms with Crippen molar-refractivity contribution in [3.8, 4) is 16.9 Å². The third kappa shape index (κ3) is 9.78. The maximum atomic E-state index is 14.8. The van der Waals surface area contributed by atoms with Gasteiger partial charge in [-0.3, -0.25) is 14.4 Å². The number of amides is 2. The largest absolute Gasteiger partial charge is 0.496 e. The van der Waals surface area contributed by atoms with Crippen LogP contribution in [0.1, 0.15) is 91.6 Å². The third-order valence-corrected chi connectivity index (χ3v) is 12.5. The molecule has 2 aromatic carbocycles. The van der Waals surface area contributed by atoms with Gasteiger partial charge in [-0.25, -0.2) is 0 Å². The molecule has 8 atom stereocenters.